The molecule has 1 amide bonds. The molecule has 2 aromatic carbocycles. The Bertz CT molecular complexity index is 589. The largest absolute Gasteiger partial charge is 0.398 e. The van der Waals surface area contributed by atoms with Crippen LogP contribution in [0.4, 0.5) is 11.4 Å². The molecule has 0 spiro atoms. The standard InChI is InChI=1S/C14H13ClN2OS/c15-10-4-3-5-11(8-10)17-14(18)9-19-13-7-2-1-6-12(13)16/h1-8H,9,16H2,(H,17,18). The van der Waals surface area contributed by atoms with E-state index in [2.05, 4.69) is 5.32 Å². The molecule has 2 aromatic rings. The van der Waals surface area contributed by atoms with E-state index in [9.17, 15) is 4.79 Å². The zero-order valence-electron chi connectivity index (χ0n) is 10.1. The zero-order chi connectivity index (χ0) is 13.7. The Kier molecular flexibility index (Phi) is 4.71. The molecule has 2 rings (SSSR count). The van der Waals surface area contributed by atoms with Gasteiger partial charge in [-0.1, -0.05) is 29.8 Å². The molecular weight excluding hydrogens is 280 g/mol. The second-order valence-corrected chi connectivity index (χ2v) is 5.34. The summed E-state index contributed by atoms with van der Waals surface area (Å²) in [5, 5.41) is 3.38. The van der Waals surface area contributed by atoms with Gasteiger partial charge in [0.05, 0.1) is 5.75 Å². The molecule has 0 radical (unpaired) electrons. The number of anilines is 2. The zero-order valence-corrected chi connectivity index (χ0v) is 11.7. The van der Waals surface area contributed by atoms with Crippen LogP contribution in [0, 0.1) is 0 Å². The third-order valence-corrected chi connectivity index (χ3v) is 3.71. The van der Waals surface area contributed by atoms with Gasteiger partial charge in [0, 0.05) is 21.3 Å². The number of hydrogen-bond acceptors (Lipinski definition) is 3. The Morgan fingerprint density at radius 2 is 2.00 bits per heavy atom. The Balaban J connectivity index is 1.90. The molecule has 5 heteroatoms. The van der Waals surface area contributed by atoms with Crippen molar-refractivity contribution in [3.8, 4) is 0 Å². The summed E-state index contributed by atoms with van der Waals surface area (Å²) in [4.78, 5) is 12.7. The van der Waals surface area contributed by atoms with E-state index in [-0.39, 0.29) is 5.91 Å². The number of halogens is 1. The number of carbonyl (C=O) groups excluding carboxylic acids is 1. The highest BCUT2D eigenvalue weighted by Crippen LogP contribution is 2.24. The lowest BCUT2D eigenvalue weighted by molar-refractivity contribution is -0.113. The number of hydrogen-bond donors (Lipinski definition) is 2. The minimum atomic E-state index is -0.0875. The van der Waals surface area contributed by atoms with Gasteiger partial charge in [-0.2, -0.15) is 0 Å². The van der Waals surface area contributed by atoms with E-state index in [1.54, 1.807) is 24.3 Å². The van der Waals surface area contributed by atoms with Gasteiger partial charge < -0.3 is 11.1 Å². The number of nitrogens with two attached hydrogens (primary N) is 1. The Morgan fingerprint density at radius 1 is 1.21 bits per heavy atom. The fourth-order valence-corrected chi connectivity index (χ4v) is 2.48. The maximum Gasteiger partial charge on any atom is 0.234 e. The van der Waals surface area contributed by atoms with Gasteiger partial charge >= 0.3 is 0 Å². The molecule has 0 unspecified atom stereocenters. The van der Waals surface area contributed by atoms with E-state index in [1.807, 2.05) is 24.3 Å². The van der Waals surface area contributed by atoms with Crippen LogP contribution >= 0.6 is 23.4 Å². The van der Waals surface area contributed by atoms with Gasteiger partial charge in [-0.25, -0.2) is 0 Å². The number of nitrogens with one attached hydrogen (secondary N) is 1. The van der Waals surface area contributed by atoms with Crippen LogP contribution in [0.5, 0.6) is 0 Å². The summed E-state index contributed by atoms with van der Waals surface area (Å²) in [6.45, 7) is 0. The SMILES string of the molecule is Nc1ccccc1SCC(=O)Nc1cccc(Cl)c1. The summed E-state index contributed by atoms with van der Waals surface area (Å²) in [5.74, 6) is 0.219. The first kappa shape index (κ1) is 13.8. The number of benzene rings is 2. The maximum absolute atomic E-state index is 11.8. The van der Waals surface area contributed by atoms with Crippen molar-refractivity contribution in [2.24, 2.45) is 0 Å². The van der Waals surface area contributed by atoms with E-state index >= 15 is 0 Å². The van der Waals surface area contributed by atoms with Gasteiger partial charge in [-0.05, 0) is 30.3 Å². The first-order valence-corrected chi connectivity index (χ1v) is 7.04. The summed E-state index contributed by atoms with van der Waals surface area (Å²) in [7, 11) is 0. The molecule has 0 aliphatic heterocycles. The normalized spacial score (nSPS) is 10.2. The summed E-state index contributed by atoms with van der Waals surface area (Å²) in [5.41, 5.74) is 7.19. The number of para-hydroxylation sites is 1. The second-order valence-electron chi connectivity index (χ2n) is 3.89. The lowest BCUT2D eigenvalue weighted by Crippen LogP contribution is -2.14. The summed E-state index contributed by atoms with van der Waals surface area (Å²) < 4.78 is 0. The predicted octanol–water partition coefficient (Wildman–Crippen LogP) is 3.65. The van der Waals surface area contributed by atoms with Crippen LogP contribution in [0.3, 0.4) is 0 Å². The molecule has 0 aliphatic carbocycles. The number of rotatable bonds is 4. The highest BCUT2D eigenvalue weighted by Gasteiger charge is 2.05. The third-order valence-electron chi connectivity index (χ3n) is 2.39. The lowest BCUT2D eigenvalue weighted by Gasteiger charge is -2.06. The van der Waals surface area contributed by atoms with Crippen molar-refractivity contribution in [3.05, 3.63) is 53.6 Å². The van der Waals surface area contributed by atoms with E-state index < -0.39 is 0 Å². The van der Waals surface area contributed by atoms with Crippen molar-refractivity contribution >= 4 is 40.6 Å². The smallest absolute Gasteiger partial charge is 0.234 e. The van der Waals surface area contributed by atoms with Crippen molar-refractivity contribution in [3.63, 3.8) is 0 Å². The average Bonchev–Trinajstić information content (AvgIpc) is 2.38. The number of carbonyl (C=O) groups is 1. The molecule has 0 aliphatic rings. The van der Waals surface area contributed by atoms with E-state index in [1.165, 1.54) is 11.8 Å². The Morgan fingerprint density at radius 3 is 2.74 bits per heavy atom. The fraction of sp³-hybridized carbons (Fsp3) is 0.0714. The van der Waals surface area contributed by atoms with Crippen LogP contribution in [0.25, 0.3) is 0 Å². The number of amides is 1. The monoisotopic (exact) mass is 292 g/mol. The van der Waals surface area contributed by atoms with Crippen LogP contribution in [0.1, 0.15) is 0 Å². The predicted molar refractivity (Wildman–Crippen MR) is 81.7 cm³/mol. The van der Waals surface area contributed by atoms with E-state index in [0.29, 0.717) is 22.2 Å². The minimum absolute atomic E-state index is 0.0875. The fourth-order valence-electron chi connectivity index (χ4n) is 1.52. The van der Waals surface area contributed by atoms with Crippen molar-refractivity contribution in [2.45, 2.75) is 4.90 Å². The number of thioether (sulfide) groups is 1. The first-order chi connectivity index (χ1) is 9.15. The Hall–Kier alpha value is -1.65. The topological polar surface area (TPSA) is 55.1 Å². The molecule has 0 atom stereocenters. The molecule has 0 fully saturated rings. The van der Waals surface area contributed by atoms with Crippen molar-refractivity contribution in [1.29, 1.82) is 0 Å². The summed E-state index contributed by atoms with van der Waals surface area (Å²) >= 11 is 7.26. The number of nitrogen functional groups attached to an aromatic ring is 1. The van der Waals surface area contributed by atoms with Gasteiger partial charge in [0.1, 0.15) is 0 Å². The van der Waals surface area contributed by atoms with Crippen LogP contribution in [-0.4, -0.2) is 11.7 Å². The van der Waals surface area contributed by atoms with Crippen molar-refractivity contribution < 1.29 is 4.79 Å². The van der Waals surface area contributed by atoms with Crippen molar-refractivity contribution in [1.82, 2.24) is 0 Å². The molecule has 19 heavy (non-hydrogen) atoms. The quantitative estimate of drug-likeness (QED) is 0.668. The first-order valence-electron chi connectivity index (χ1n) is 5.68. The molecule has 3 N–H and O–H groups in total. The van der Waals surface area contributed by atoms with E-state index in [0.717, 1.165) is 4.90 Å². The maximum atomic E-state index is 11.8. The summed E-state index contributed by atoms with van der Waals surface area (Å²) in [6.07, 6.45) is 0. The Labute approximate surface area is 121 Å². The van der Waals surface area contributed by atoms with Gasteiger partial charge in [-0.3, -0.25) is 4.79 Å². The van der Waals surface area contributed by atoms with Crippen LogP contribution in [0.15, 0.2) is 53.4 Å². The van der Waals surface area contributed by atoms with Crippen LogP contribution in [-0.2, 0) is 4.79 Å². The second kappa shape index (κ2) is 6.50. The molecule has 0 saturated heterocycles. The molecular formula is C14H13ClN2OS. The van der Waals surface area contributed by atoms with Gasteiger partial charge in [0.15, 0.2) is 0 Å². The minimum Gasteiger partial charge on any atom is -0.398 e. The third kappa shape index (κ3) is 4.19. The van der Waals surface area contributed by atoms with Crippen LogP contribution < -0.4 is 11.1 Å². The van der Waals surface area contributed by atoms with Gasteiger partial charge in [0.25, 0.3) is 0 Å². The molecule has 3 nitrogen and oxygen atoms in total. The highest BCUT2D eigenvalue weighted by atomic mass is 35.5. The molecule has 0 saturated carbocycles. The van der Waals surface area contributed by atoms with E-state index in [4.69, 9.17) is 17.3 Å². The van der Waals surface area contributed by atoms with Crippen molar-refractivity contribution in [2.75, 3.05) is 16.8 Å². The molecule has 0 aromatic heterocycles. The average molecular weight is 293 g/mol. The molecule has 98 valence electrons. The molecule has 0 heterocycles. The molecule has 0 bridgehead atoms. The highest BCUT2D eigenvalue weighted by molar-refractivity contribution is 8.00. The summed E-state index contributed by atoms with van der Waals surface area (Å²) in [6, 6.07) is 14.5. The lowest BCUT2D eigenvalue weighted by atomic mass is 10.3. The van der Waals surface area contributed by atoms with Gasteiger partial charge in [-0.15, -0.1) is 11.8 Å². The van der Waals surface area contributed by atoms with Crippen LogP contribution in [0.2, 0.25) is 5.02 Å². The van der Waals surface area contributed by atoms with Gasteiger partial charge in [0.2, 0.25) is 5.91 Å².